The first-order valence-corrected chi connectivity index (χ1v) is 16.8. The van der Waals surface area contributed by atoms with Crippen LogP contribution in [0, 0.1) is 0 Å². The first-order valence-electron chi connectivity index (χ1n) is 16.8. The molecule has 3 heteroatoms. The molecule has 3 nitrogen and oxygen atoms in total. The van der Waals surface area contributed by atoms with Gasteiger partial charge in [0.2, 0.25) is 0 Å². The Morgan fingerprint density at radius 3 is 1.60 bits per heavy atom. The minimum absolute atomic E-state index is 0.691. The summed E-state index contributed by atoms with van der Waals surface area (Å²) in [4.78, 5) is 14.6. The highest BCUT2D eigenvalue weighted by atomic mass is 14.9. The molecule has 0 radical (unpaired) electrons. The molecule has 0 unspecified atom stereocenters. The van der Waals surface area contributed by atoms with E-state index in [4.69, 9.17) is 9.97 Å². The van der Waals surface area contributed by atoms with Gasteiger partial charge in [0.25, 0.3) is 0 Å². The maximum Gasteiger partial charge on any atom is 0.160 e. The maximum absolute atomic E-state index is 5.17. The lowest BCUT2D eigenvalue weighted by Crippen LogP contribution is -1.96. The molecule has 0 N–H and O–H groups in total. The number of hydrogen-bond acceptors (Lipinski definition) is 3. The first kappa shape index (κ1) is 29.4. The molecule has 0 aliphatic heterocycles. The molecule has 0 amide bonds. The van der Waals surface area contributed by atoms with Gasteiger partial charge in [-0.25, -0.2) is 9.97 Å². The highest BCUT2D eigenvalue weighted by Crippen LogP contribution is 2.36. The Hall–Kier alpha value is -6.71. The van der Waals surface area contributed by atoms with Gasteiger partial charge in [-0.15, -0.1) is 0 Å². The molecule has 0 fully saturated rings. The summed E-state index contributed by atoms with van der Waals surface area (Å²) in [6.07, 6.45) is 3.69. The van der Waals surface area contributed by atoms with Crippen LogP contribution in [0.5, 0.6) is 0 Å². The van der Waals surface area contributed by atoms with Crippen molar-refractivity contribution in [3.63, 3.8) is 0 Å². The average Bonchev–Trinajstić information content (AvgIpc) is 3.21. The molecule has 50 heavy (non-hydrogen) atoms. The molecule has 0 atom stereocenters. The number of rotatable bonds is 6. The first-order chi connectivity index (χ1) is 24.8. The van der Waals surface area contributed by atoms with Gasteiger partial charge in [0.1, 0.15) is 0 Å². The zero-order chi connectivity index (χ0) is 33.3. The summed E-state index contributed by atoms with van der Waals surface area (Å²) in [5, 5.41) is 5.03. The predicted octanol–water partition coefficient (Wildman–Crippen LogP) is 12.2. The van der Waals surface area contributed by atoms with Crippen LogP contribution in [0.1, 0.15) is 0 Å². The van der Waals surface area contributed by atoms with Crippen molar-refractivity contribution >= 4 is 21.5 Å². The van der Waals surface area contributed by atoms with Crippen molar-refractivity contribution in [2.75, 3.05) is 0 Å². The Bertz CT molecular complexity index is 2610. The van der Waals surface area contributed by atoms with Gasteiger partial charge in [-0.1, -0.05) is 152 Å². The van der Waals surface area contributed by atoms with Crippen LogP contribution in [-0.2, 0) is 0 Å². The van der Waals surface area contributed by atoms with E-state index in [1.54, 1.807) is 6.20 Å². The molecule has 0 bridgehead atoms. The van der Waals surface area contributed by atoms with E-state index in [1.807, 2.05) is 18.3 Å². The molecule has 2 heterocycles. The Balaban J connectivity index is 1.15. The van der Waals surface area contributed by atoms with Crippen LogP contribution in [0.3, 0.4) is 0 Å². The molecule has 9 rings (SSSR count). The van der Waals surface area contributed by atoms with E-state index in [9.17, 15) is 0 Å². The van der Waals surface area contributed by atoms with Crippen LogP contribution in [0.15, 0.2) is 188 Å². The number of pyridine rings is 1. The molecule has 9 aromatic rings. The Morgan fingerprint density at radius 2 is 0.880 bits per heavy atom. The summed E-state index contributed by atoms with van der Waals surface area (Å²) < 4.78 is 0. The van der Waals surface area contributed by atoms with Gasteiger partial charge in [0.05, 0.1) is 11.4 Å². The number of fused-ring (bicyclic) bond motifs is 3. The molecular formula is C47H31N3. The standard InChI is InChI=1S/C47H31N3/c1-2-10-32(11-3-1)37-13-8-14-39(28-37)47-49-45(35-23-19-33(20-24-35)40-15-9-27-48-31-40)30-46(50-47)36-25-21-34(22-26-36)44-29-38-12-4-5-16-41(38)42-17-6-7-18-43(42)44/h1-31H. The fourth-order valence-corrected chi connectivity index (χ4v) is 6.82. The quantitative estimate of drug-likeness (QED) is 0.170. The van der Waals surface area contributed by atoms with Gasteiger partial charge in [-0.2, -0.15) is 0 Å². The monoisotopic (exact) mass is 637 g/mol. The van der Waals surface area contributed by atoms with Crippen LogP contribution in [0.4, 0.5) is 0 Å². The fraction of sp³-hybridized carbons (Fsp3) is 0. The number of benzene rings is 7. The van der Waals surface area contributed by atoms with Gasteiger partial charge in [0, 0.05) is 29.1 Å². The van der Waals surface area contributed by atoms with E-state index in [-0.39, 0.29) is 0 Å². The van der Waals surface area contributed by atoms with Crippen molar-refractivity contribution in [3.05, 3.63) is 188 Å². The third-order valence-corrected chi connectivity index (χ3v) is 9.39. The second-order valence-corrected chi connectivity index (χ2v) is 12.5. The van der Waals surface area contributed by atoms with Crippen molar-refractivity contribution in [1.82, 2.24) is 15.0 Å². The van der Waals surface area contributed by atoms with Gasteiger partial charge >= 0.3 is 0 Å². The lowest BCUT2D eigenvalue weighted by Gasteiger charge is -2.13. The summed E-state index contributed by atoms with van der Waals surface area (Å²) >= 11 is 0. The molecule has 2 aromatic heterocycles. The Kier molecular flexibility index (Phi) is 7.49. The number of nitrogens with zero attached hydrogens (tertiary/aromatic N) is 3. The van der Waals surface area contributed by atoms with Crippen molar-refractivity contribution in [2.24, 2.45) is 0 Å². The van der Waals surface area contributed by atoms with E-state index in [0.717, 1.165) is 50.3 Å². The molecular weight excluding hydrogens is 607 g/mol. The van der Waals surface area contributed by atoms with Gasteiger partial charge < -0.3 is 0 Å². The molecule has 0 aliphatic carbocycles. The van der Waals surface area contributed by atoms with Crippen LogP contribution in [0.2, 0.25) is 0 Å². The number of hydrogen-bond donors (Lipinski definition) is 0. The van der Waals surface area contributed by atoms with Crippen molar-refractivity contribution in [2.45, 2.75) is 0 Å². The lowest BCUT2D eigenvalue weighted by molar-refractivity contribution is 1.18. The van der Waals surface area contributed by atoms with E-state index in [2.05, 4.69) is 169 Å². The third-order valence-electron chi connectivity index (χ3n) is 9.39. The zero-order valence-corrected chi connectivity index (χ0v) is 27.2. The second-order valence-electron chi connectivity index (χ2n) is 12.5. The normalized spacial score (nSPS) is 11.2. The predicted molar refractivity (Wildman–Crippen MR) is 207 cm³/mol. The maximum atomic E-state index is 5.17. The molecule has 0 aliphatic rings. The van der Waals surface area contributed by atoms with Crippen LogP contribution >= 0.6 is 0 Å². The molecule has 234 valence electrons. The highest BCUT2D eigenvalue weighted by Gasteiger charge is 2.14. The van der Waals surface area contributed by atoms with E-state index < -0.39 is 0 Å². The van der Waals surface area contributed by atoms with E-state index >= 15 is 0 Å². The molecule has 7 aromatic carbocycles. The Morgan fingerprint density at radius 1 is 0.320 bits per heavy atom. The zero-order valence-electron chi connectivity index (χ0n) is 27.2. The lowest BCUT2D eigenvalue weighted by atomic mass is 9.92. The highest BCUT2D eigenvalue weighted by molar-refractivity contribution is 6.13. The second kappa shape index (κ2) is 12.7. The molecule has 0 saturated carbocycles. The molecule has 0 spiro atoms. The summed E-state index contributed by atoms with van der Waals surface area (Å²) in [5.74, 6) is 0.691. The fourth-order valence-electron chi connectivity index (χ4n) is 6.82. The van der Waals surface area contributed by atoms with Crippen molar-refractivity contribution < 1.29 is 0 Å². The van der Waals surface area contributed by atoms with Crippen LogP contribution in [0.25, 0.3) is 88.8 Å². The third kappa shape index (κ3) is 5.61. The minimum Gasteiger partial charge on any atom is -0.264 e. The van der Waals surface area contributed by atoms with Gasteiger partial charge in [0.15, 0.2) is 5.82 Å². The summed E-state index contributed by atoms with van der Waals surface area (Å²) in [5.41, 5.74) is 11.7. The van der Waals surface area contributed by atoms with Crippen molar-refractivity contribution in [1.29, 1.82) is 0 Å². The molecule has 0 saturated heterocycles. The Labute approximate surface area is 291 Å². The average molecular weight is 638 g/mol. The van der Waals surface area contributed by atoms with Crippen LogP contribution < -0.4 is 0 Å². The van der Waals surface area contributed by atoms with Crippen LogP contribution in [-0.4, -0.2) is 15.0 Å². The summed E-state index contributed by atoms with van der Waals surface area (Å²) in [6, 6.07) is 62.0. The topological polar surface area (TPSA) is 38.7 Å². The minimum atomic E-state index is 0.691. The largest absolute Gasteiger partial charge is 0.264 e. The van der Waals surface area contributed by atoms with Crippen molar-refractivity contribution in [3.8, 4) is 67.3 Å². The smallest absolute Gasteiger partial charge is 0.160 e. The summed E-state index contributed by atoms with van der Waals surface area (Å²) in [6.45, 7) is 0. The summed E-state index contributed by atoms with van der Waals surface area (Å²) in [7, 11) is 0. The number of aromatic nitrogens is 3. The van der Waals surface area contributed by atoms with Gasteiger partial charge in [-0.05, 0) is 79.2 Å². The van der Waals surface area contributed by atoms with Gasteiger partial charge in [-0.3, -0.25) is 4.98 Å². The van der Waals surface area contributed by atoms with E-state index in [1.165, 1.54) is 32.7 Å². The SMILES string of the molecule is c1ccc(-c2cccc(-c3nc(-c4ccc(-c5cccnc5)cc4)cc(-c4ccc(-c5cc6ccccc6c6ccccc56)cc4)n3)c2)cc1. The van der Waals surface area contributed by atoms with E-state index in [0.29, 0.717) is 5.82 Å².